The van der Waals surface area contributed by atoms with Crippen LogP contribution >= 0.6 is 0 Å². The molecule has 1 nitrogen and oxygen atoms in total. The minimum atomic E-state index is 0. The standard InChI is InChI=1S/C11H17N.C8H15B.BH3/c1-4-12(10(2)3)11-8-6-5-7-9-11;1-3-7-5-2-6-8(4-1)9-7;/h5-10H,4H2,1-3H3;7-9H,1-6H2;1H3. The Morgan fingerprint density at radius 3 is 1.86 bits per heavy atom. The van der Waals surface area contributed by atoms with Gasteiger partial charge in [0.15, 0.2) is 0 Å². The predicted octanol–water partition coefficient (Wildman–Crippen LogP) is 4.11. The first kappa shape index (κ1) is 19.2. The molecular weight excluding hydrogens is 264 g/mol. The van der Waals surface area contributed by atoms with Crippen LogP contribution in [-0.2, 0) is 0 Å². The summed E-state index contributed by atoms with van der Waals surface area (Å²) < 4.78 is 0. The van der Waals surface area contributed by atoms with E-state index in [9.17, 15) is 0 Å². The van der Waals surface area contributed by atoms with Crippen molar-refractivity contribution in [2.75, 3.05) is 11.4 Å². The number of para-hydroxylation sites is 1. The molecule has 3 rings (SSSR count). The summed E-state index contributed by atoms with van der Waals surface area (Å²) in [6.45, 7) is 7.70. The van der Waals surface area contributed by atoms with Gasteiger partial charge in [-0.05, 0) is 32.9 Å². The number of benzene rings is 1. The Kier molecular flexibility index (Phi) is 8.75. The number of fused-ring (bicyclic) bond motifs is 2. The van der Waals surface area contributed by atoms with Gasteiger partial charge in [0.1, 0.15) is 7.28 Å². The minimum absolute atomic E-state index is 0. The molecular formula is C19H35B2N. The fraction of sp³-hybridized carbons (Fsp3) is 0.684. The highest BCUT2D eigenvalue weighted by Gasteiger charge is 2.26. The summed E-state index contributed by atoms with van der Waals surface area (Å²) in [6, 6.07) is 11.1. The second kappa shape index (κ2) is 10.0. The van der Waals surface area contributed by atoms with Crippen LogP contribution in [0, 0.1) is 0 Å². The van der Waals surface area contributed by atoms with Gasteiger partial charge in [-0.3, -0.25) is 0 Å². The summed E-state index contributed by atoms with van der Waals surface area (Å²) in [5, 5.41) is 0. The first-order valence-corrected chi connectivity index (χ1v) is 9.02. The fourth-order valence-corrected chi connectivity index (χ4v) is 4.09. The smallest absolute Gasteiger partial charge is 0.127 e. The Bertz CT molecular complexity index is 374. The van der Waals surface area contributed by atoms with Gasteiger partial charge in [-0.15, -0.1) is 0 Å². The monoisotopic (exact) mass is 299 g/mol. The third-order valence-electron chi connectivity index (χ3n) is 5.17. The van der Waals surface area contributed by atoms with Crippen molar-refractivity contribution in [2.45, 2.75) is 77.0 Å². The fourth-order valence-electron chi connectivity index (χ4n) is 4.09. The lowest BCUT2D eigenvalue weighted by atomic mass is 9.44. The molecule has 2 fully saturated rings. The third-order valence-corrected chi connectivity index (χ3v) is 5.17. The van der Waals surface area contributed by atoms with Crippen molar-refractivity contribution in [2.24, 2.45) is 0 Å². The van der Waals surface area contributed by atoms with E-state index in [2.05, 4.69) is 56.0 Å². The number of nitrogens with zero attached hydrogens (tertiary/aromatic N) is 1. The maximum atomic E-state index is 2.38. The SMILES string of the molecule is B.B1C2CCCC1CCC2.CCN(c1ccccc1)C(C)C. The molecule has 0 radical (unpaired) electrons. The quantitative estimate of drug-likeness (QED) is 0.759. The van der Waals surface area contributed by atoms with E-state index in [-0.39, 0.29) is 8.41 Å². The number of hydrogen-bond acceptors (Lipinski definition) is 1. The first-order chi connectivity index (χ1) is 10.2. The summed E-state index contributed by atoms with van der Waals surface area (Å²) in [5.41, 5.74) is 1.31. The van der Waals surface area contributed by atoms with Crippen LogP contribution in [0.2, 0.25) is 11.6 Å². The van der Waals surface area contributed by atoms with E-state index in [4.69, 9.17) is 0 Å². The summed E-state index contributed by atoms with van der Waals surface area (Å²) in [5.74, 6) is 2.30. The van der Waals surface area contributed by atoms with Gasteiger partial charge in [0, 0.05) is 18.3 Å². The minimum Gasteiger partial charge on any atom is -0.369 e. The number of anilines is 1. The van der Waals surface area contributed by atoms with Crippen molar-refractivity contribution in [1.82, 2.24) is 0 Å². The van der Waals surface area contributed by atoms with Crippen LogP contribution in [0.5, 0.6) is 0 Å². The molecule has 2 heterocycles. The molecule has 0 N–H and O–H groups in total. The maximum absolute atomic E-state index is 2.38. The van der Waals surface area contributed by atoms with Crippen LogP contribution in [0.3, 0.4) is 0 Å². The largest absolute Gasteiger partial charge is 0.369 e. The molecule has 3 heteroatoms. The van der Waals surface area contributed by atoms with Crippen molar-refractivity contribution < 1.29 is 0 Å². The van der Waals surface area contributed by atoms with Gasteiger partial charge < -0.3 is 4.90 Å². The van der Waals surface area contributed by atoms with E-state index >= 15 is 0 Å². The molecule has 122 valence electrons. The molecule has 0 aliphatic carbocycles. The Balaban J connectivity index is 0.000000217. The normalized spacial score (nSPS) is 22.7. The van der Waals surface area contributed by atoms with Crippen molar-refractivity contribution >= 4 is 21.4 Å². The van der Waals surface area contributed by atoms with Gasteiger partial charge >= 0.3 is 0 Å². The average Bonchev–Trinajstić information content (AvgIpc) is 2.49. The highest BCUT2D eigenvalue weighted by Crippen LogP contribution is 2.40. The molecule has 2 aliphatic heterocycles. The molecule has 2 saturated heterocycles. The topological polar surface area (TPSA) is 3.24 Å². The van der Waals surface area contributed by atoms with Crippen molar-refractivity contribution in [1.29, 1.82) is 0 Å². The van der Waals surface area contributed by atoms with Crippen molar-refractivity contribution in [3.05, 3.63) is 30.3 Å². The Labute approximate surface area is 140 Å². The lowest BCUT2D eigenvalue weighted by Crippen LogP contribution is -2.30. The highest BCUT2D eigenvalue weighted by atomic mass is 15.1. The Hall–Kier alpha value is -0.850. The Morgan fingerprint density at radius 1 is 1.00 bits per heavy atom. The maximum Gasteiger partial charge on any atom is 0.127 e. The van der Waals surface area contributed by atoms with E-state index < -0.39 is 0 Å². The van der Waals surface area contributed by atoms with Gasteiger partial charge in [-0.2, -0.15) is 0 Å². The van der Waals surface area contributed by atoms with Crippen LogP contribution in [0.15, 0.2) is 30.3 Å². The second-order valence-corrected chi connectivity index (χ2v) is 7.04. The van der Waals surface area contributed by atoms with Crippen LogP contribution in [-0.4, -0.2) is 28.3 Å². The predicted molar refractivity (Wildman–Crippen MR) is 107 cm³/mol. The van der Waals surface area contributed by atoms with Gasteiger partial charge in [0.2, 0.25) is 0 Å². The van der Waals surface area contributed by atoms with Crippen LogP contribution < -0.4 is 4.90 Å². The zero-order valence-electron chi connectivity index (χ0n) is 14.2. The number of hydrogen-bond donors (Lipinski definition) is 0. The van der Waals surface area contributed by atoms with Crippen LogP contribution in [0.25, 0.3) is 0 Å². The molecule has 0 unspecified atom stereocenters. The molecule has 2 aliphatic rings. The molecule has 0 aromatic heterocycles. The first-order valence-electron chi connectivity index (χ1n) is 9.02. The van der Waals surface area contributed by atoms with Crippen LogP contribution in [0.4, 0.5) is 5.69 Å². The average molecular weight is 299 g/mol. The third kappa shape index (κ3) is 5.74. The number of rotatable bonds is 3. The van der Waals surface area contributed by atoms with Crippen molar-refractivity contribution in [3.63, 3.8) is 0 Å². The molecule has 0 saturated carbocycles. The molecule has 0 amide bonds. The summed E-state index contributed by atoms with van der Waals surface area (Å²) in [6.07, 6.45) is 9.28. The van der Waals surface area contributed by atoms with Gasteiger partial charge in [0.25, 0.3) is 0 Å². The van der Waals surface area contributed by atoms with Crippen LogP contribution in [0.1, 0.15) is 59.3 Å². The van der Waals surface area contributed by atoms with Crippen molar-refractivity contribution in [3.8, 4) is 0 Å². The van der Waals surface area contributed by atoms with E-state index in [0.717, 1.165) is 18.2 Å². The van der Waals surface area contributed by atoms with E-state index in [1.54, 1.807) is 33.0 Å². The second-order valence-electron chi connectivity index (χ2n) is 7.04. The molecule has 0 atom stereocenters. The summed E-state index contributed by atoms with van der Waals surface area (Å²) in [7, 11) is 1.58. The Morgan fingerprint density at radius 2 is 1.50 bits per heavy atom. The lowest BCUT2D eigenvalue weighted by Gasteiger charge is -2.32. The molecule has 22 heavy (non-hydrogen) atoms. The van der Waals surface area contributed by atoms with E-state index in [1.807, 2.05) is 0 Å². The molecule has 1 aromatic rings. The van der Waals surface area contributed by atoms with Gasteiger partial charge in [0.05, 0.1) is 8.41 Å². The van der Waals surface area contributed by atoms with Gasteiger partial charge in [-0.25, -0.2) is 0 Å². The van der Waals surface area contributed by atoms with Gasteiger partial charge in [-0.1, -0.05) is 68.4 Å². The zero-order chi connectivity index (χ0) is 15.1. The molecule has 1 aromatic carbocycles. The molecule has 2 bridgehead atoms. The summed E-state index contributed by atoms with van der Waals surface area (Å²) >= 11 is 0. The lowest BCUT2D eigenvalue weighted by molar-refractivity contribution is 0.455. The van der Waals surface area contributed by atoms with E-state index in [1.165, 1.54) is 18.5 Å². The molecule has 0 spiro atoms. The highest BCUT2D eigenvalue weighted by molar-refractivity contribution is 6.40. The summed E-state index contributed by atoms with van der Waals surface area (Å²) in [4.78, 5) is 2.38. The zero-order valence-corrected chi connectivity index (χ0v) is 14.2. The van der Waals surface area contributed by atoms with E-state index in [0.29, 0.717) is 6.04 Å².